The SMILES string of the molecule is C=CC(=O)N1C[C@H](C)N(c2nc(=O)n3c4c(c(-c5ccc(F)cc5)c(C)cc24)SCC(N2C[C@@H]4C[C@H]2CO4)C3)C[C@H]1C. The first kappa shape index (κ1) is 27.6. The number of anilines is 1. The highest BCUT2D eigenvalue weighted by atomic mass is 32.2. The molecule has 1 aromatic heterocycles. The maximum atomic E-state index is 14.0. The van der Waals surface area contributed by atoms with Crippen LogP contribution in [-0.2, 0) is 16.1 Å². The standard InChI is InChI=1S/C32H36FN5O3S/c1-5-27(39)35-12-20(4)36(13-19(35)3)31-26-10-18(2)28(21-6-8-22(33)9-7-21)30-29(26)38(32(40)34-31)14-24(17-42-30)37-15-25-11-23(37)16-41-25/h5-10,19-20,23-25H,1,11-17H2,2-4H3/t19-,20+,23+,24?,25+/m1/s1. The number of piperazine rings is 1. The highest BCUT2D eigenvalue weighted by Crippen LogP contribution is 2.45. The van der Waals surface area contributed by atoms with E-state index in [2.05, 4.69) is 36.3 Å². The van der Waals surface area contributed by atoms with Gasteiger partial charge in [-0.2, -0.15) is 4.98 Å². The fraction of sp³-hybridized carbons (Fsp3) is 0.469. The molecule has 5 heterocycles. The minimum atomic E-state index is -0.275. The molecule has 10 heteroatoms. The zero-order valence-electron chi connectivity index (χ0n) is 24.3. The molecule has 2 bridgehead atoms. The lowest BCUT2D eigenvalue weighted by Crippen LogP contribution is -2.58. The zero-order valence-corrected chi connectivity index (χ0v) is 25.1. The number of nitrogens with zero attached hydrogens (tertiary/aromatic N) is 5. The van der Waals surface area contributed by atoms with Crippen LogP contribution in [0.5, 0.6) is 0 Å². The van der Waals surface area contributed by atoms with Gasteiger partial charge in [0, 0.05) is 71.9 Å². The molecule has 0 saturated carbocycles. The molecule has 3 fully saturated rings. The number of hydrogen-bond donors (Lipinski definition) is 0. The topological polar surface area (TPSA) is 70.9 Å². The number of aryl methyl sites for hydroxylation is 1. The quantitative estimate of drug-likeness (QED) is 0.425. The number of carbonyl (C=O) groups is 1. The zero-order chi connectivity index (χ0) is 29.3. The number of hydrogen-bond acceptors (Lipinski definition) is 7. The van der Waals surface area contributed by atoms with Gasteiger partial charge in [0.1, 0.15) is 11.6 Å². The van der Waals surface area contributed by atoms with Crippen molar-refractivity contribution in [3.05, 3.63) is 64.9 Å². The number of ether oxygens (including phenoxy) is 1. The van der Waals surface area contributed by atoms with Crippen molar-refractivity contribution in [3.63, 3.8) is 0 Å². The van der Waals surface area contributed by atoms with Crippen molar-refractivity contribution in [2.45, 2.75) is 68.9 Å². The van der Waals surface area contributed by atoms with Crippen LogP contribution in [0.3, 0.4) is 0 Å². The van der Waals surface area contributed by atoms with E-state index in [-0.39, 0.29) is 41.6 Å². The molecule has 8 nitrogen and oxygen atoms in total. The van der Waals surface area contributed by atoms with Crippen LogP contribution in [0.2, 0.25) is 0 Å². The number of morpholine rings is 1. The molecule has 2 aromatic carbocycles. The Balaban J connectivity index is 1.39. The molecule has 4 aliphatic heterocycles. The van der Waals surface area contributed by atoms with E-state index in [4.69, 9.17) is 9.72 Å². The Hall–Kier alpha value is -3.21. The lowest BCUT2D eigenvalue weighted by atomic mass is 9.97. The molecule has 3 aromatic rings. The first-order chi connectivity index (χ1) is 20.2. The molecule has 7 rings (SSSR count). The summed E-state index contributed by atoms with van der Waals surface area (Å²) in [4.78, 5) is 38.9. The third-order valence-electron chi connectivity index (χ3n) is 9.47. The molecule has 1 amide bonds. The second-order valence-electron chi connectivity index (χ2n) is 12.2. The summed E-state index contributed by atoms with van der Waals surface area (Å²) < 4.78 is 21.7. The average molecular weight is 590 g/mol. The Kier molecular flexibility index (Phi) is 6.90. The van der Waals surface area contributed by atoms with E-state index >= 15 is 0 Å². The first-order valence-electron chi connectivity index (χ1n) is 14.8. The molecule has 0 spiro atoms. The van der Waals surface area contributed by atoms with Crippen molar-refractivity contribution in [2.75, 3.05) is 36.9 Å². The fourth-order valence-electron chi connectivity index (χ4n) is 7.39. The third kappa shape index (κ3) is 4.46. The van der Waals surface area contributed by atoms with Gasteiger partial charge in [0.25, 0.3) is 0 Å². The summed E-state index contributed by atoms with van der Waals surface area (Å²) in [6.45, 7) is 13.1. The van der Waals surface area contributed by atoms with Gasteiger partial charge in [-0.05, 0) is 62.6 Å². The van der Waals surface area contributed by atoms with Gasteiger partial charge in [0.05, 0.1) is 18.2 Å². The van der Waals surface area contributed by atoms with E-state index in [0.29, 0.717) is 31.5 Å². The van der Waals surface area contributed by atoms with Gasteiger partial charge in [-0.1, -0.05) is 18.7 Å². The maximum Gasteiger partial charge on any atom is 0.350 e. The highest BCUT2D eigenvalue weighted by Gasteiger charge is 2.43. The Morgan fingerprint density at radius 1 is 1.12 bits per heavy atom. The summed E-state index contributed by atoms with van der Waals surface area (Å²) in [5.41, 5.74) is 3.66. The normalized spacial score (nSPS) is 27.5. The van der Waals surface area contributed by atoms with Gasteiger partial charge >= 0.3 is 5.69 Å². The fourth-order valence-corrected chi connectivity index (χ4v) is 8.83. The number of fused-ring (bicyclic) bond motifs is 2. The van der Waals surface area contributed by atoms with Gasteiger partial charge in [-0.25, -0.2) is 9.18 Å². The van der Waals surface area contributed by atoms with E-state index < -0.39 is 0 Å². The Morgan fingerprint density at radius 2 is 1.90 bits per heavy atom. The number of thioether (sulfide) groups is 1. The van der Waals surface area contributed by atoms with Crippen LogP contribution in [0.15, 0.2) is 52.7 Å². The van der Waals surface area contributed by atoms with E-state index in [0.717, 1.165) is 57.8 Å². The Labute approximate surface area is 249 Å². The monoisotopic (exact) mass is 589 g/mol. The number of aromatic nitrogens is 2. The number of amides is 1. The van der Waals surface area contributed by atoms with Gasteiger partial charge in [0.2, 0.25) is 5.91 Å². The van der Waals surface area contributed by atoms with Crippen LogP contribution in [0.4, 0.5) is 10.2 Å². The average Bonchev–Trinajstić information content (AvgIpc) is 3.56. The van der Waals surface area contributed by atoms with Gasteiger partial charge in [0.15, 0.2) is 0 Å². The van der Waals surface area contributed by atoms with Gasteiger partial charge < -0.3 is 14.5 Å². The van der Waals surface area contributed by atoms with Gasteiger partial charge in [-0.15, -0.1) is 11.8 Å². The third-order valence-corrected chi connectivity index (χ3v) is 10.7. The van der Waals surface area contributed by atoms with Crippen molar-refractivity contribution in [2.24, 2.45) is 0 Å². The van der Waals surface area contributed by atoms with Crippen molar-refractivity contribution < 1.29 is 13.9 Å². The molecule has 5 atom stereocenters. The molecule has 0 N–H and O–H groups in total. The predicted molar refractivity (Wildman–Crippen MR) is 164 cm³/mol. The van der Waals surface area contributed by atoms with E-state index in [1.165, 1.54) is 18.2 Å². The summed E-state index contributed by atoms with van der Waals surface area (Å²) >= 11 is 1.79. The number of carbonyl (C=O) groups excluding carboxylic acids is 1. The Bertz CT molecular complexity index is 1640. The highest BCUT2D eigenvalue weighted by molar-refractivity contribution is 7.99. The predicted octanol–water partition coefficient (Wildman–Crippen LogP) is 4.07. The Morgan fingerprint density at radius 3 is 2.60 bits per heavy atom. The molecular formula is C32H36FN5O3S. The minimum Gasteiger partial charge on any atom is -0.375 e. The lowest BCUT2D eigenvalue weighted by molar-refractivity contribution is -0.128. The van der Waals surface area contributed by atoms with Crippen LogP contribution in [0.25, 0.3) is 22.0 Å². The summed E-state index contributed by atoms with van der Waals surface area (Å²) in [5, 5.41) is 0.940. The van der Waals surface area contributed by atoms with Crippen molar-refractivity contribution in [1.82, 2.24) is 19.4 Å². The van der Waals surface area contributed by atoms with E-state index in [9.17, 15) is 14.0 Å². The summed E-state index contributed by atoms with van der Waals surface area (Å²) in [6, 6.07) is 9.23. The van der Waals surface area contributed by atoms with Crippen molar-refractivity contribution in [3.8, 4) is 11.1 Å². The number of rotatable bonds is 4. The van der Waals surface area contributed by atoms with Crippen LogP contribution < -0.4 is 10.6 Å². The second-order valence-corrected chi connectivity index (χ2v) is 13.2. The molecule has 0 aliphatic carbocycles. The molecule has 4 aliphatic rings. The molecule has 1 unspecified atom stereocenters. The van der Waals surface area contributed by atoms with Crippen LogP contribution in [-0.4, -0.2) is 87.5 Å². The molecule has 42 heavy (non-hydrogen) atoms. The largest absolute Gasteiger partial charge is 0.375 e. The lowest BCUT2D eigenvalue weighted by Gasteiger charge is -2.44. The van der Waals surface area contributed by atoms with E-state index in [1.54, 1.807) is 11.8 Å². The number of halogens is 1. The molecule has 220 valence electrons. The minimum absolute atomic E-state index is 0.0396. The van der Waals surface area contributed by atoms with Crippen LogP contribution >= 0.6 is 11.8 Å². The molecule has 3 saturated heterocycles. The smallest absolute Gasteiger partial charge is 0.350 e. The summed E-state index contributed by atoms with van der Waals surface area (Å²) in [5.74, 6) is 1.14. The van der Waals surface area contributed by atoms with Gasteiger partial charge in [-0.3, -0.25) is 14.3 Å². The van der Waals surface area contributed by atoms with Crippen LogP contribution in [0, 0.1) is 12.7 Å². The van der Waals surface area contributed by atoms with Crippen molar-refractivity contribution >= 4 is 34.4 Å². The number of benzene rings is 2. The first-order valence-corrected chi connectivity index (χ1v) is 15.8. The maximum absolute atomic E-state index is 14.0. The summed E-state index contributed by atoms with van der Waals surface area (Å²) in [7, 11) is 0. The van der Waals surface area contributed by atoms with Crippen LogP contribution in [0.1, 0.15) is 25.8 Å². The second kappa shape index (κ2) is 10.5. The number of likely N-dealkylation sites (tertiary alicyclic amines) is 1. The van der Waals surface area contributed by atoms with Crippen molar-refractivity contribution in [1.29, 1.82) is 0 Å². The molecular weight excluding hydrogens is 553 g/mol. The molecule has 0 radical (unpaired) electrons. The summed E-state index contributed by atoms with van der Waals surface area (Å²) in [6.07, 6.45) is 2.68. The van der Waals surface area contributed by atoms with E-state index in [1.807, 2.05) is 28.5 Å².